The van der Waals surface area contributed by atoms with E-state index in [-0.39, 0.29) is 50.4 Å². The summed E-state index contributed by atoms with van der Waals surface area (Å²) in [5.74, 6) is -1.37. The van der Waals surface area contributed by atoms with Gasteiger partial charge in [-0.25, -0.2) is 4.79 Å². The molecule has 0 aromatic heterocycles. The van der Waals surface area contributed by atoms with Crippen molar-refractivity contribution in [1.82, 2.24) is 26.6 Å². The van der Waals surface area contributed by atoms with E-state index in [1.807, 2.05) is 100 Å². The van der Waals surface area contributed by atoms with Crippen LogP contribution in [0.25, 0.3) is 10.8 Å². The summed E-state index contributed by atoms with van der Waals surface area (Å²) < 4.78 is 5.50. The highest BCUT2D eigenvalue weighted by atomic mass is 16.5. The third-order valence-corrected chi connectivity index (χ3v) is 10.2. The van der Waals surface area contributed by atoms with Crippen molar-refractivity contribution in [2.75, 3.05) is 13.2 Å². The number of benzene rings is 3. The Morgan fingerprint density at radius 3 is 2.24 bits per heavy atom. The zero-order chi connectivity index (χ0) is 39.0. The highest BCUT2D eigenvalue weighted by molar-refractivity contribution is 5.93. The summed E-state index contributed by atoms with van der Waals surface area (Å²) in [7, 11) is 0. The number of carbonyl (C=O) groups is 4. The molecule has 4 unspecified atom stereocenters. The molecule has 1 saturated heterocycles. The van der Waals surface area contributed by atoms with Gasteiger partial charge in [0.1, 0.15) is 18.7 Å². The summed E-state index contributed by atoms with van der Waals surface area (Å²) in [5.41, 5.74) is 1.63. The Kier molecular flexibility index (Phi) is 16.7. The summed E-state index contributed by atoms with van der Waals surface area (Å²) in [6, 6.07) is 19.5. The summed E-state index contributed by atoms with van der Waals surface area (Å²) >= 11 is 0. The van der Waals surface area contributed by atoms with Gasteiger partial charge in [0.25, 0.3) is 0 Å². The summed E-state index contributed by atoms with van der Waals surface area (Å²) in [4.78, 5) is 54.5. The molecule has 1 fully saturated rings. The van der Waals surface area contributed by atoms with E-state index in [0.717, 1.165) is 47.7 Å². The summed E-state index contributed by atoms with van der Waals surface area (Å²) in [6.45, 7) is 8.41. The monoisotopic (exact) mass is 745 g/mol. The zero-order valence-corrected chi connectivity index (χ0v) is 32.1. The van der Waals surface area contributed by atoms with E-state index in [9.17, 15) is 29.4 Å². The van der Waals surface area contributed by atoms with Gasteiger partial charge in [-0.2, -0.15) is 0 Å². The minimum absolute atomic E-state index is 0.0174. The van der Waals surface area contributed by atoms with E-state index in [1.165, 1.54) is 0 Å². The molecule has 7 N–H and O–H groups in total. The smallest absolute Gasteiger partial charge is 0.408 e. The fraction of sp³-hybridized carbons (Fsp3) is 0.524. The van der Waals surface area contributed by atoms with E-state index in [1.54, 1.807) is 0 Å². The lowest BCUT2D eigenvalue weighted by Crippen LogP contribution is -2.58. The van der Waals surface area contributed by atoms with Crippen LogP contribution in [0.1, 0.15) is 77.3 Å². The fourth-order valence-corrected chi connectivity index (χ4v) is 6.91. The highest BCUT2D eigenvalue weighted by Gasteiger charge is 2.33. The first-order chi connectivity index (χ1) is 26.0. The number of amides is 4. The zero-order valence-electron chi connectivity index (χ0n) is 32.1. The van der Waals surface area contributed by atoms with Gasteiger partial charge >= 0.3 is 6.09 Å². The summed E-state index contributed by atoms with van der Waals surface area (Å²) in [6.07, 6.45) is 1.07. The fourth-order valence-electron chi connectivity index (χ4n) is 6.91. The molecule has 3 aromatic rings. The van der Waals surface area contributed by atoms with Crippen molar-refractivity contribution in [3.63, 3.8) is 0 Å². The minimum Gasteiger partial charge on any atom is -0.445 e. The van der Waals surface area contributed by atoms with Crippen molar-refractivity contribution in [3.05, 3.63) is 83.9 Å². The quantitative estimate of drug-likeness (QED) is 0.0904. The van der Waals surface area contributed by atoms with Crippen LogP contribution in [0.15, 0.2) is 72.8 Å². The van der Waals surface area contributed by atoms with E-state index < -0.39 is 54.1 Å². The number of rotatable bonds is 20. The molecule has 1 aliphatic rings. The van der Waals surface area contributed by atoms with Crippen molar-refractivity contribution in [2.24, 2.45) is 11.8 Å². The van der Waals surface area contributed by atoms with Gasteiger partial charge in [-0.3, -0.25) is 14.4 Å². The molecule has 0 bridgehead atoms. The second-order valence-corrected chi connectivity index (χ2v) is 14.9. The molecule has 12 heteroatoms. The van der Waals surface area contributed by atoms with E-state index in [2.05, 4.69) is 26.6 Å². The second kappa shape index (κ2) is 21.4. The Labute approximate surface area is 319 Å². The highest BCUT2D eigenvalue weighted by Crippen LogP contribution is 2.21. The number of fused-ring (bicyclic) bond motifs is 1. The Morgan fingerprint density at radius 1 is 0.852 bits per heavy atom. The first-order valence-corrected chi connectivity index (χ1v) is 19.3. The molecule has 0 saturated carbocycles. The number of aliphatic hydroxyl groups excluding tert-OH is 2. The molecule has 4 amide bonds. The number of nitrogens with one attached hydrogen (secondary N) is 5. The molecule has 3 aromatic carbocycles. The maximum atomic E-state index is 14.2. The minimum atomic E-state index is -1.21. The van der Waals surface area contributed by atoms with Crippen molar-refractivity contribution in [1.29, 1.82) is 0 Å². The SMILES string of the molecule is CCC(C)[C@@H](CO)NC(=O)CC(O)C(CC(C)C)NC(=O)[C@H](CC1CCCN1)NC(=O)[C@H](Cc1cccc2ccccc12)NC(=O)OCc1ccccc1. The summed E-state index contributed by atoms with van der Waals surface area (Å²) in [5, 5.41) is 37.8. The molecule has 0 spiro atoms. The van der Waals surface area contributed by atoms with Crippen LogP contribution in [-0.4, -0.2) is 83.5 Å². The van der Waals surface area contributed by atoms with Crippen LogP contribution in [0.4, 0.5) is 4.79 Å². The Balaban J connectivity index is 1.54. The Morgan fingerprint density at radius 2 is 1.56 bits per heavy atom. The molecule has 7 atom stereocenters. The lowest BCUT2D eigenvalue weighted by molar-refractivity contribution is -0.131. The molecule has 1 aliphatic heterocycles. The maximum Gasteiger partial charge on any atom is 0.408 e. The van der Waals surface area contributed by atoms with E-state index in [4.69, 9.17) is 4.74 Å². The van der Waals surface area contributed by atoms with Gasteiger partial charge in [-0.1, -0.05) is 107 Å². The average Bonchev–Trinajstić information content (AvgIpc) is 3.68. The largest absolute Gasteiger partial charge is 0.445 e. The van der Waals surface area contributed by atoms with Gasteiger partial charge in [-0.15, -0.1) is 0 Å². The van der Waals surface area contributed by atoms with E-state index >= 15 is 0 Å². The average molecular weight is 746 g/mol. The van der Waals surface area contributed by atoms with Crippen LogP contribution in [0.3, 0.4) is 0 Å². The van der Waals surface area contributed by atoms with Crippen LogP contribution in [0, 0.1) is 11.8 Å². The first kappa shape index (κ1) is 42.2. The molecule has 54 heavy (non-hydrogen) atoms. The number of hydrogen-bond acceptors (Lipinski definition) is 8. The molecule has 1 heterocycles. The van der Waals surface area contributed by atoms with Crippen molar-refractivity contribution in [2.45, 2.75) is 116 Å². The standard InChI is InChI=1S/C42H59N5O7/c1-5-28(4)37(25-48)44-39(50)24-38(49)34(21-27(2)3)45-41(52)36(23-32-18-12-20-43-32)46-40(51)35(47-42(53)54-26-29-13-7-6-8-14-29)22-31-17-11-16-30-15-9-10-19-33(30)31/h6-11,13-17,19,27-28,32,34-38,43,48-49H,5,12,18,20-26H2,1-4H3,(H,44,50)(H,45,52)(H,46,51)(H,47,53)/t28?,32?,34?,35-,36-,37+,38?/m0/s1. The van der Waals surface area contributed by atoms with Gasteiger partial charge < -0.3 is 41.5 Å². The molecular weight excluding hydrogens is 686 g/mol. The predicted octanol–water partition coefficient (Wildman–Crippen LogP) is 4.11. The third kappa shape index (κ3) is 13.1. The van der Waals surface area contributed by atoms with Crippen molar-refractivity contribution >= 4 is 34.6 Å². The lowest BCUT2D eigenvalue weighted by atomic mass is 9.95. The van der Waals surface area contributed by atoms with Gasteiger partial charge in [0.15, 0.2) is 0 Å². The molecular formula is C42H59N5O7. The maximum absolute atomic E-state index is 14.2. The molecule has 0 aliphatic carbocycles. The van der Waals surface area contributed by atoms with Crippen molar-refractivity contribution in [3.8, 4) is 0 Å². The Hall–Kier alpha value is -4.52. The topological polar surface area (TPSA) is 178 Å². The molecule has 12 nitrogen and oxygen atoms in total. The van der Waals surface area contributed by atoms with Gasteiger partial charge in [-0.05, 0) is 66.0 Å². The number of carbonyl (C=O) groups excluding carboxylic acids is 4. The van der Waals surface area contributed by atoms with Crippen LogP contribution >= 0.6 is 0 Å². The van der Waals surface area contributed by atoms with Gasteiger partial charge in [0.05, 0.1) is 31.2 Å². The molecule has 294 valence electrons. The number of aliphatic hydroxyl groups is 2. The molecule has 0 radical (unpaired) electrons. The second-order valence-electron chi connectivity index (χ2n) is 14.9. The van der Waals surface area contributed by atoms with Crippen LogP contribution in [0.5, 0.6) is 0 Å². The number of ether oxygens (including phenoxy) is 1. The van der Waals surface area contributed by atoms with Gasteiger partial charge in [0, 0.05) is 12.5 Å². The Bertz CT molecular complexity index is 1640. The molecule has 4 rings (SSSR count). The normalized spacial score (nSPS) is 17.5. The number of hydrogen-bond donors (Lipinski definition) is 7. The van der Waals surface area contributed by atoms with Crippen LogP contribution < -0.4 is 26.6 Å². The first-order valence-electron chi connectivity index (χ1n) is 19.3. The lowest BCUT2D eigenvalue weighted by Gasteiger charge is -2.30. The van der Waals surface area contributed by atoms with Crippen LogP contribution in [0.2, 0.25) is 0 Å². The third-order valence-electron chi connectivity index (χ3n) is 10.2. The van der Waals surface area contributed by atoms with Gasteiger partial charge in [0.2, 0.25) is 17.7 Å². The van der Waals surface area contributed by atoms with Crippen molar-refractivity contribution < 1.29 is 34.1 Å². The van der Waals surface area contributed by atoms with E-state index in [0.29, 0.717) is 6.42 Å². The van der Waals surface area contributed by atoms with Crippen LogP contribution in [-0.2, 0) is 32.1 Å². The predicted molar refractivity (Wildman–Crippen MR) is 209 cm³/mol. The number of alkyl carbamates (subject to hydrolysis) is 1.